The summed E-state index contributed by atoms with van der Waals surface area (Å²) in [7, 11) is 2.01. The standard InChI is InChI=1S/C13H19N3O/c1-16-9-8-15-13(16)7-5-11(14)4-6-12-3-2-10-17-12/h2-3,8-11H,4-7,14H2,1H3. The van der Waals surface area contributed by atoms with Crippen LogP contribution in [0.1, 0.15) is 24.4 Å². The van der Waals surface area contributed by atoms with Crippen molar-refractivity contribution in [1.82, 2.24) is 9.55 Å². The third-order valence-electron chi connectivity index (χ3n) is 3.00. The normalized spacial score (nSPS) is 12.8. The van der Waals surface area contributed by atoms with Gasteiger partial charge in [0.2, 0.25) is 0 Å². The molecule has 1 unspecified atom stereocenters. The van der Waals surface area contributed by atoms with Gasteiger partial charge in [-0.3, -0.25) is 0 Å². The Morgan fingerprint density at radius 2 is 2.24 bits per heavy atom. The first kappa shape index (κ1) is 11.9. The maximum Gasteiger partial charge on any atom is 0.108 e. The summed E-state index contributed by atoms with van der Waals surface area (Å²) < 4.78 is 7.32. The van der Waals surface area contributed by atoms with Crippen molar-refractivity contribution in [3.63, 3.8) is 0 Å². The number of nitrogens with zero attached hydrogens (tertiary/aromatic N) is 2. The predicted octanol–water partition coefficient (Wildman–Crippen LogP) is 1.91. The smallest absolute Gasteiger partial charge is 0.108 e. The Bertz CT molecular complexity index is 433. The van der Waals surface area contributed by atoms with Crippen LogP contribution in [0.4, 0.5) is 0 Å². The number of hydrogen-bond donors (Lipinski definition) is 1. The molecular formula is C13H19N3O. The van der Waals surface area contributed by atoms with Crippen molar-refractivity contribution in [3.8, 4) is 0 Å². The zero-order chi connectivity index (χ0) is 12.1. The van der Waals surface area contributed by atoms with Gasteiger partial charge in [-0.1, -0.05) is 0 Å². The molecule has 0 aliphatic rings. The molecule has 0 fully saturated rings. The number of rotatable bonds is 6. The summed E-state index contributed by atoms with van der Waals surface area (Å²) in [6.07, 6.45) is 9.25. The van der Waals surface area contributed by atoms with Crippen molar-refractivity contribution in [1.29, 1.82) is 0 Å². The van der Waals surface area contributed by atoms with E-state index in [1.54, 1.807) is 6.26 Å². The second-order valence-corrected chi connectivity index (χ2v) is 4.37. The molecule has 2 heterocycles. The van der Waals surface area contributed by atoms with E-state index in [0.717, 1.165) is 37.3 Å². The minimum Gasteiger partial charge on any atom is -0.469 e. The zero-order valence-corrected chi connectivity index (χ0v) is 10.2. The minimum absolute atomic E-state index is 0.205. The van der Waals surface area contributed by atoms with Gasteiger partial charge in [-0.25, -0.2) is 4.98 Å². The number of imidazole rings is 1. The van der Waals surface area contributed by atoms with Gasteiger partial charge in [0.15, 0.2) is 0 Å². The Morgan fingerprint density at radius 1 is 1.41 bits per heavy atom. The number of aryl methyl sites for hydroxylation is 3. The SMILES string of the molecule is Cn1ccnc1CCC(N)CCc1ccco1. The monoisotopic (exact) mass is 233 g/mol. The molecule has 4 nitrogen and oxygen atoms in total. The van der Waals surface area contributed by atoms with Crippen LogP contribution in [0.25, 0.3) is 0 Å². The quantitative estimate of drug-likeness (QED) is 0.829. The third kappa shape index (κ3) is 3.46. The van der Waals surface area contributed by atoms with E-state index in [1.807, 2.05) is 36.1 Å². The lowest BCUT2D eigenvalue weighted by atomic mass is 10.1. The molecule has 1 atom stereocenters. The van der Waals surface area contributed by atoms with Gasteiger partial charge in [-0.2, -0.15) is 0 Å². The maximum atomic E-state index is 6.08. The lowest BCUT2D eigenvalue weighted by Crippen LogP contribution is -2.22. The molecule has 2 aromatic heterocycles. The van der Waals surface area contributed by atoms with E-state index in [4.69, 9.17) is 10.2 Å². The average Bonchev–Trinajstić information content (AvgIpc) is 2.95. The highest BCUT2D eigenvalue weighted by atomic mass is 16.3. The molecule has 0 amide bonds. The van der Waals surface area contributed by atoms with E-state index < -0.39 is 0 Å². The molecule has 0 saturated heterocycles. The molecule has 0 aliphatic heterocycles. The molecule has 0 bridgehead atoms. The summed E-state index contributed by atoms with van der Waals surface area (Å²) in [5.74, 6) is 2.11. The fraction of sp³-hybridized carbons (Fsp3) is 0.462. The Morgan fingerprint density at radius 3 is 2.88 bits per heavy atom. The molecule has 0 aliphatic carbocycles. The summed E-state index contributed by atoms with van der Waals surface area (Å²) in [5.41, 5.74) is 6.08. The molecule has 17 heavy (non-hydrogen) atoms. The predicted molar refractivity (Wildman–Crippen MR) is 66.5 cm³/mol. The summed E-state index contributed by atoms with van der Waals surface area (Å²) in [5, 5.41) is 0. The average molecular weight is 233 g/mol. The van der Waals surface area contributed by atoms with Crippen molar-refractivity contribution in [2.24, 2.45) is 12.8 Å². The molecular weight excluding hydrogens is 214 g/mol. The molecule has 2 rings (SSSR count). The first-order valence-corrected chi connectivity index (χ1v) is 6.00. The summed E-state index contributed by atoms with van der Waals surface area (Å²) >= 11 is 0. The number of hydrogen-bond acceptors (Lipinski definition) is 3. The van der Waals surface area contributed by atoms with Gasteiger partial charge >= 0.3 is 0 Å². The first-order chi connectivity index (χ1) is 8.25. The molecule has 4 heteroatoms. The maximum absolute atomic E-state index is 6.08. The molecule has 0 radical (unpaired) electrons. The van der Waals surface area contributed by atoms with Gasteiger partial charge in [-0.15, -0.1) is 0 Å². The van der Waals surface area contributed by atoms with Gasteiger partial charge in [-0.05, 0) is 25.0 Å². The van der Waals surface area contributed by atoms with Gasteiger partial charge in [0.25, 0.3) is 0 Å². The van der Waals surface area contributed by atoms with Gasteiger partial charge in [0, 0.05) is 38.3 Å². The fourth-order valence-electron chi connectivity index (χ4n) is 1.88. The van der Waals surface area contributed by atoms with E-state index in [1.165, 1.54) is 0 Å². The van der Waals surface area contributed by atoms with Gasteiger partial charge in [0.1, 0.15) is 11.6 Å². The largest absolute Gasteiger partial charge is 0.469 e. The summed E-state index contributed by atoms with van der Waals surface area (Å²) in [4.78, 5) is 4.29. The van der Waals surface area contributed by atoms with Crippen LogP contribution < -0.4 is 5.73 Å². The number of furan rings is 1. The summed E-state index contributed by atoms with van der Waals surface area (Å²) in [6, 6.07) is 4.11. The van der Waals surface area contributed by atoms with Crippen molar-refractivity contribution >= 4 is 0 Å². The van der Waals surface area contributed by atoms with Crippen LogP contribution in [0.2, 0.25) is 0 Å². The Labute approximate surface area is 101 Å². The van der Waals surface area contributed by atoms with Gasteiger partial charge in [0.05, 0.1) is 6.26 Å². The van der Waals surface area contributed by atoms with Crippen LogP contribution >= 0.6 is 0 Å². The highest BCUT2D eigenvalue weighted by Gasteiger charge is 2.07. The van der Waals surface area contributed by atoms with Crippen LogP contribution in [0.5, 0.6) is 0 Å². The van der Waals surface area contributed by atoms with Crippen LogP contribution in [0.15, 0.2) is 35.2 Å². The van der Waals surface area contributed by atoms with Crippen LogP contribution in [-0.4, -0.2) is 15.6 Å². The van der Waals surface area contributed by atoms with Crippen molar-refractivity contribution in [3.05, 3.63) is 42.4 Å². The lowest BCUT2D eigenvalue weighted by molar-refractivity contribution is 0.474. The highest BCUT2D eigenvalue weighted by molar-refractivity contribution is 4.98. The van der Waals surface area contributed by atoms with Gasteiger partial charge < -0.3 is 14.7 Å². The molecule has 92 valence electrons. The Hall–Kier alpha value is -1.55. The Balaban J connectivity index is 1.71. The third-order valence-corrected chi connectivity index (χ3v) is 3.00. The molecule has 0 spiro atoms. The number of nitrogens with two attached hydrogens (primary N) is 1. The Kier molecular flexibility index (Phi) is 3.98. The number of aromatic nitrogens is 2. The lowest BCUT2D eigenvalue weighted by Gasteiger charge is -2.10. The second kappa shape index (κ2) is 5.68. The fourth-order valence-corrected chi connectivity index (χ4v) is 1.88. The first-order valence-electron chi connectivity index (χ1n) is 6.00. The van der Waals surface area contributed by atoms with Crippen LogP contribution in [0, 0.1) is 0 Å². The van der Waals surface area contributed by atoms with Crippen LogP contribution in [0.3, 0.4) is 0 Å². The highest BCUT2D eigenvalue weighted by Crippen LogP contribution is 2.08. The molecule has 2 N–H and O–H groups in total. The molecule has 0 aromatic carbocycles. The minimum atomic E-state index is 0.205. The summed E-state index contributed by atoms with van der Waals surface area (Å²) in [6.45, 7) is 0. The van der Waals surface area contributed by atoms with Crippen molar-refractivity contribution < 1.29 is 4.42 Å². The molecule has 2 aromatic rings. The van der Waals surface area contributed by atoms with E-state index in [9.17, 15) is 0 Å². The van der Waals surface area contributed by atoms with Crippen LogP contribution in [-0.2, 0) is 19.9 Å². The second-order valence-electron chi connectivity index (χ2n) is 4.37. The van der Waals surface area contributed by atoms with Crippen molar-refractivity contribution in [2.45, 2.75) is 31.7 Å². The van der Waals surface area contributed by atoms with Crippen molar-refractivity contribution in [2.75, 3.05) is 0 Å². The van der Waals surface area contributed by atoms with E-state index in [2.05, 4.69) is 4.98 Å². The zero-order valence-electron chi connectivity index (χ0n) is 10.2. The topological polar surface area (TPSA) is 57.0 Å². The molecule has 0 saturated carbocycles. The van der Waals surface area contributed by atoms with E-state index in [0.29, 0.717) is 0 Å². The van der Waals surface area contributed by atoms with E-state index >= 15 is 0 Å². The van der Waals surface area contributed by atoms with E-state index in [-0.39, 0.29) is 6.04 Å².